The van der Waals surface area contributed by atoms with Crippen LogP contribution >= 0.6 is 12.4 Å². The highest BCUT2D eigenvalue weighted by Gasteiger charge is 2.12. The Morgan fingerprint density at radius 2 is 2.33 bits per heavy atom. The molecule has 0 saturated heterocycles. The first-order chi connectivity index (χ1) is 8.17. The molecule has 0 spiro atoms. The summed E-state index contributed by atoms with van der Waals surface area (Å²) in [6.07, 6.45) is 1.82. The lowest BCUT2D eigenvalue weighted by Crippen LogP contribution is -2.28. The van der Waals surface area contributed by atoms with Crippen LogP contribution in [0.25, 0.3) is 0 Å². The molecule has 0 aliphatic carbocycles. The van der Waals surface area contributed by atoms with Crippen molar-refractivity contribution in [2.24, 2.45) is 5.92 Å². The molecule has 2 N–H and O–H groups in total. The smallest absolute Gasteiger partial charge is 0.229 e. The summed E-state index contributed by atoms with van der Waals surface area (Å²) in [5.74, 6) is 0.467. The van der Waals surface area contributed by atoms with Gasteiger partial charge in [0.1, 0.15) is 0 Å². The molecule has 0 aromatic carbocycles. The fourth-order valence-corrected chi connectivity index (χ4v) is 1.39. The molecule has 0 fully saturated rings. The van der Waals surface area contributed by atoms with Crippen LogP contribution in [0.3, 0.4) is 0 Å². The highest BCUT2D eigenvalue weighted by Crippen LogP contribution is 2.05. The lowest BCUT2D eigenvalue weighted by molar-refractivity contribution is -0.119. The van der Waals surface area contributed by atoms with Crippen molar-refractivity contribution in [2.45, 2.75) is 13.5 Å². The Balaban J connectivity index is 0.00000289. The minimum absolute atomic E-state index is 0. The Kier molecular flexibility index (Phi) is 8.36. The number of ether oxygens (including phenoxy) is 1. The molecular formula is C11H21ClN4O2. The van der Waals surface area contributed by atoms with Crippen molar-refractivity contribution in [3.8, 4) is 0 Å². The molecule has 6 nitrogen and oxygen atoms in total. The number of carbonyl (C=O) groups excluding carboxylic acids is 1. The van der Waals surface area contributed by atoms with Crippen molar-refractivity contribution < 1.29 is 9.53 Å². The van der Waals surface area contributed by atoms with E-state index in [1.807, 2.05) is 20.2 Å². The Labute approximate surface area is 113 Å². The fourth-order valence-electron chi connectivity index (χ4n) is 1.39. The molecule has 1 aromatic rings. The molecule has 1 unspecified atom stereocenters. The normalized spacial score (nSPS) is 11.7. The van der Waals surface area contributed by atoms with Gasteiger partial charge in [-0.1, -0.05) is 6.92 Å². The van der Waals surface area contributed by atoms with Crippen LogP contribution in [-0.2, 0) is 16.1 Å². The van der Waals surface area contributed by atoms with Gasteiger partial charge < -0.3 is 15.4 Å². The fraction of sp³-hybridized carbons (Fsp3) is 0.636. The van der Waals surface area contributed by atoms with Gasteiger partial charge in [-0.15, -0.1) is 12.4 Å². The van der Waals surface area contributed by atoms with Crippen LogP contribution in [0.2, 0.25) is 0 Å². The Bertz CT molecular complexity index is 357. The highest BCUT2D eigenvalue weighted by molar-refractivity contribution is 5.91. The van der Waals surface area contributed by atoms with Crippen LogP contribution in [0.4, 0.5) is 5.82 Å². The first-order valence-electron chi connectivity index (χ1n) is 5.65. The number of nitrogens with one attached hydrogen (secondary N) is 2. The van der Waals surface area contributed by atoms with Gasteiger partial charge in [-0.25, -0.2) is 0 Å². The molecule has 0 aliphatic rings. The average Bonchev–Trinajstić information content (AvgIpc) is 2.74. The Morgan fingerprint density at radius 3 is 2.94 bits per heavy atom. The van der Waals surface area contributed by atoms with Gasteiger partial charge in [-0.3, -0.25) is 9.48 Å². The molecule has 1 heterocycles. The van der Waals surface area contributed by atoms with E-state index < -0.39 is 0 Å². The van der Waals surface area contributed by atoms with Crippen molar-refractivity contribution in [3.63, 3.8) is 0 Å². The number of amides is 1. The molecule has 1 rings (SSSR count). The van der Waals surface area contributed by atoms with Gasteiger partial charge in [0, 0.05) is 31.8 Å². The number of carbonyl (C=O) groups is 1. The largest absolute Gasteiger partial charge is 0.383 e. The van der Waals surface area contributed by atoms with E-state index in [-0.39, 0.29) is 24.2 Å². The molecular weight excluding hydrogens is 256 g/mol. The zero-order valence-corrected chi connectivity index (χ0v) is 11.8. The third-order valence-electron chi connectivity index (χ3n) is 2.37. The number of halogens is 1. The van der Waals surface area contributed by atoms with E-state index in [1.165, 1.54) is 0 Å². The molecule has 0 bridgehead atoms. The molecule has 104 valence electrons. The number of methoxy groups -OCH3 is 1. The number of hydrogen-bond donors (Lipinski definition) is 2. The zero-order chi connectivity index (χ0) is 12.7. The van der Waals surface area contributed by atoms with Crippen LogP contribution in [0.1, 0.15) is 6.92 Å². The minimum Gasteiger partial charge on any atom is -0.383 e. The molecule has 1 atom stereocenters. The lowest BCUT2D eigenvalue weighted by atomic mass is 10.1. The van der Waals surface area contributed by atoms with Crippen molar-refractivity contribution >= 4 is 24.1 Å². The van der Waals surface area contributed by atoms with E-state index in [1.54, 1.807) is 17.9 Å². The summed E-state index contributed by atoms with van der Waals surface area (Å²) in [5, 5.41) is 9.95. The van der Waals surface area contributed by atoms with E-state index >= 15 is 0 Å². The Hall–Kier alpha value is -1.11. The van der Waals surface area contributed by atoms with Gasteiger partial charge in [0.2, 0.25) is 5.91 Å². The summed E-state index contributed by atoms with van der Waals surface area (Å²) in [6.45, 7) is 3.80. The van der Waals surface area contributed by atoms with Crippen LogP contribution in [-0.4, -0.2) is 43.0 Å². The maximum Gasteiger partial charge on any atom is 0.229 e. The first-order valence-corrected chi connectivity index (χ1v) is 5.65. The number of anilines is 1. The molecule has 1 amide bonds. The van der Waals surface area contributed by atoms with Gasteiger partial charge in [0.05, 0.1) is 13.2 Å². The summed E-state index contributed by atoms with van der Waals surface area (Å²) in [4.78, 5) is 11.7. The summed E-state index contributed by atoms with van der Waals surface area (Å²) in [7, 11) is 3.47. The third-order valence-corrected chi connectivity index (χ3v) is 2.37. The van der Waals surface area contributed by atoms with Crippen molar-refractivity contribution in [1.29, 1.82) is 0 Å². The highest BCUT2D eigenvalue weighted by atomic mass is 35.5. The van der Waals surface area contributed by atoms with E-state index in [2.05, 4.69) is 15.7 Å². The summed E-state index contributed by atoms with van der Waals surface area (Å²) < 4.78 is 6.69. The second-order valence-electron chi connectivity index (χ2n) is 3.90. The molecule has 7 heteroatoms. The summed E-state index contributed by atoms with van der Waals surface area (Å²) >= 11 is 0. The van der Waals surface area contributed by atoms with Crippen molar-refractivity contribution in [3.05, 3.63) is 12.3 Å². The maximum atomic E-state index is 11.7. The van der Waals surface area contributed by atoms with Crippen LogP contribution in [0.5, 0.6) is 0 Å². The summed E-state index contributed by atoms with van der Waals surface area (Å²) in [6, 6.07) is 1.78. The Morgan fingerprint density at radius 1 is 1.61 bits per heavy atom. The monoisotopic (exact) mass is 276 g/mol. The quantitative estimate of drug-likeness (QED) is 0.771. The van der Waals surface area contributed by atoms with Gasteiger partial charge in [-0.05, 0) is 7.05 Å². The van der Waals surface area contributed by atoms with E-state index in [4.69, 9.17) is 4.74 Å². The third kappa shape index (κ3) is 5.48. The maximum absolute atomic E-state index is 11.7. The lowest BCUT2D eigenvalue weighted by Gasteiger charge is -2.09. The number of hydrogen-bond acceptors (Lipinski definition) is 4. The molecule has 1 aromatic heterocycles. The van der Waals surface area contributed by atoms with E-state index in [0.29, 0.717) is 25.5 Å². The topological polar surface area (TPSA) is 68.2 Å². The SMILES string of the molecule is CNCC(C)C(=O)Nc1ccn(CCOC)n1.Cl. The second-order valence-corrected chi connectivity index (χ2v) is 3.90. The van der Waals surface area contributed by atoms with Gasteiger partial charge in [0.15, 0.2) is 5.82 Å². The zero-order valence-electron chi connectivity index (χ0n) is 11.0. The van der Waals surface area contributed by atoms with E-state index in [0.717, 1.165) is 0 Å². The molecule has 0 aliphatic heterocycles. The van der Waals surface area contributed by atoms with Crippen LogP contribution in [0.15, 0.2) is 12.3 Å². The molecule has 0 saturated carbocycles. The van der Waals surface area contributed by atoms with Crippen molar-refractivity contribution in [1.82, 2.24) is 15.1 Å². The van der Waals surface area contributed by atoms with Crippen molar-refractivity contribution in [2.75, 3.05) is 32.6 Å². The second kappa shape index (κ2) is 8.91. The number of nitrogens with zero attached hydrogens (tertiary/aromatic N) is 2. The molecule has 0 radical (unpaired) electrons. The van der Waals surface area contributed by atoms with Gasteiger partial charge >= 0.3 is 0 Å². The van der Waals surface area contributed by atoms with Gasteiger partial charge in [-0.2, -0.15) is 5.10 Å². The van der Waals surface area contributed by atoms with Gasteiger partial charge in [0.25, 0.3) is 0 Å². The first kappa shape index (κ1) is 16.9. The number of rotatable bonds is 7. The average molecular weight is 277 g/mol. The van der Waals surface area contributed by atoms with Crippen LogP contribution in [0, 0.1) is 5.92 Å². The standard InChI is InChI=1S/C11H20N4O2.ClH/c1-9(8-12-2)11(16)13-10-4-5-15(14-10)6-7-17-3;/h4-5,9,12H,6-8H2,1-3H3,(H,13,14,16);1H. The number of aromatic nitrogens is 2. The predicted molar refractivity (Wildman–Crippen MR) is 73.1 cm³/mol. The summed E-state index contributed by atoms with van der Waals surface area (Å²) in [5.41, 5.74) is 0. The predicted octanol–water partition coefficient (Wildman–Crippen LogP) is 0.745. The minimum atomic E-state index is -0.0795. The van der Waals surface area contributed by atoms with E-state index in [9.17, 15) is 4.79 Å². The molecule has 18 heavy (non-hydrogen) atoms. The van der Waals surface area contributed by atoms with Crippen LogP contribution < -0.4 is 10.6 Å².